The van der Waals surface area contributed by atoms with Crippen molar-refractivity contribution < 1.29 is 9.53 Å². The molecular weight excluding hydrogens is 118 g/mol. The van der Waals surface area contributed by atoms with Gasteiger partial charge >= 0.3 is 0 Å². The van der Waals surface area contributed by atoms with E-state index in [9.17, 15) is 4.79 Å². The van der Waals surface area contributed by atoms with Gasteiger partial charge in [-0.15, -0.1) is 0 Å². The van der Waals surface area contributed by atoms with Gasteiger partial charge in [0.1, 0.15) is 0 Å². The molecule has 9 heavy (non-hydrogen) atoms. The monoisotopic (exact) mass is 129 g/mol. The Bertz CT molecular complexity index is 101. The van der Waals surface area contributed by atoms with E-state index < -0.39 is 0 Å². The first-order chi connectivity index (χ1) is 4.27. The molecule has 0 fully saturated rings. The molecule has 0 saturated heterocycles. The minimum absolute atomic E-state index is 0.289. The molecule has 0 spiro atoms. The Kier molecular flexibility index (Phi) is 4.59. The second-order valence-corrected chi connectivity index (χ2v) is 1.61. The fourth-order valence-corrected chi connectivity index (χ4v) is 0.413. The van der Waals surface area contributed by atoms with Crippen LogP contribution in [0.1, 0.15) is 12.8 Å². The average Bonchev–Trinajstić information content (AvgIpc) is 1.80. The van der Waals surface area contributed by atoms with Crippen LogP contribution >= 0.6 is 0 Å². The summed E-state index contributed by atoms with van der Waals surface area (Å²) in [4.78, 5) is 10.1. The SMILES string of the molecule is C=COCCCC(N)=O. The molecule has 0 aromatic rings. The summed E-state index contributed by atoms with van der Waals surface area (Å²) < 4.78 is 4.74. The molecule has 0 unspecified atom stereocenters. The zero-order valence-corrected chi connectivity index (χ0v) is 5.30. The Balaban J connectivity index is 2.91. The van der Waals surface area contributed by atoms with Gasteiger partial charge in [0.2, 0.25) is 5.91 Å². The van der Waals surface area contributed by atoms with E-state index >= 15 is 0 Å². The number of carbonyl (C=O) groups is 1. The van der Waals surface area contributed by atoms with Crippen molar-refractivity contribution in [1.82, 2.24) is 0 Å². The van der Waals surface area contributed by atoms with Gasteiger partial charge in [-0.2, -0.15) is 0 Å². The van der Waals surface area contributed by atoms with Crippen molar-refractivity contribution >= 4 is 5.91 Å². The van der Waals surface area contributed by atoms with Gasteiger partial charge in [0.25, 0.3) is 0 Å². The molecule has 0 aliphatic rings. The van der Waals surface area contributed by atoms with Gasteiger partial charge in [0.15, 0.2) is 0 Å². The summed E-state index contributed by atoms with van der Waals surface area (Å²) in [6, 6.07) is 0. The van der Waals surface area contributed by atoms with E-state index in [1.54, 1.807) is 0 Å². The first-order valence-electron chi connectivity index (χ1n) is 2.78. The lowest BCUT2D eigenvalue weighted by Crippen LogP contribution is -2.10. The second kappa shape index (κ2) is 5.15. The van der Waals surface area contributed by atoms with Gasteiger partial charge in [0, 0.05) is 6.42 Å². The molecule has 0 aliphatic carbocycles. The Labute approximate surface area is 54.5 Å². The summed E-state index contributed by atoms with van der Waals surface area (Å²) in [7, 11) is 0. The number of carbonyl (C=O) groups excluding carboxylic acids is 1. The average molecular weight is 129 g/mol. The third-order valence-electron chi connectivity index (χ3n) is 0.803. The molecule has 1 amide bonds. The van der Waals surface area contributed by atoms with Crippen LogP contribution in [0.4, 0.5) is 0 Å². The third kappa shape index (κ3) is 7.01. The van der Waals surface area contributed by atoms with Crippen molar-refractivity contribution in [3.8, 4) is 0 Å². The van der Waals surface area contributed by atoms with Gasteiger partial charge in [-0.1, -0.05) is 6.58 Å². The highest BCUT2D eigenvalue weighted by Gasteiger charge is 1.91. The van der Waals surface area contributed by atoms with Gasteiger partial charge in [0.05, 0.1) is 12.9 Å². The first kappa shape index (κ1) is 8.01. The third-order valence-corrected chi connectivity index (χ3v) is 0.803. The molecule has 0 bridgehead atoms. The van der Waals surface area contributed by atoms with Crippen LogP contribution in [0, 0.1) is 0 Å². The van der Waals surface area contributed by atoms with E-state index in [0.29, 0.717) is 19.4 Å². The molecule has 0 saturated carbocycles. The predicted molar refractivity (Wildman–Crippen MR) is 34.6 cm³/mol. The van der Waals surface area contributed by atoms with E-state index in [2.05, 4.69) is 6.58 Å². The van der Waals surface area contributed by atoms with Crippen molar-refractivity contribution in [1.29, 1.82) is 0 Å². The van der Waals surface area contributed by atoms with E-state index in [-0.39, 0.29) is 5.91 Å². The first-order valence-corrected chi connectivity index (χ1v) is 2.78. The molecule has 0 aromatic carbocycles. The summed E-state index contributed by atoms with van der Waals surface area (Å²) in [5, 5.41) is 0. The molecule has 52 valence electrons. The highest BCUT2D eigenvalue weighted by Crippen LogP contribution is 1.87. The van der Waals surface area contributed by atoms with Gasteiger partial charge in [-0.25, -0.2) is 0 Å². The number of ether oxygens (including phenoxy) is 1. The molecule has 3 heteroatoms. The van der Waals surface area contributed by atoms with Crippen LogP contribution < -0.4 is 5.73 Å². The number of primary amides is 1. The number of hydrogen-bond donors (Lipinski definition) is 1. The maximum Gasteiger partial charge on any atom is 0.217 e. The lowest BCUT2D eigenvalue weighted by atomic mass is 10.3. The smallest absolute Gasteiger partial charge is 0.217 e. The van der Waals surface area contributed by atoms with E-state index in [4.69, 9.17) is 10.5 Å². The number of nitrogens with two attached hydrogens (primary N) is 1. The van der Waals surface area contributed by atoms with Crippen LogP contribution in [-0.4, -0.2) is 12.5 Å². The topological polar surface area (TPSA) is 52.3 Å². The fraction of sp³-hybridized carbons (Fsp3) is 0.500. The molecule has 0 atom stereocenters. The largest absolute Gasteiger partial charge is 0.502 e. The Hall–Kier alpha value is -0.990. The van der Waals surface area contributed by atoms with Crippen molar-refractivity contribution in [3.63, 3.8) is 0 Å². The molecule has 0 aliphatic heterocycles. The van der Waals surface area contributed by atoms with Crippen molar-refractivity contribution in [2.75, 3.05) is 6.61 Å². The van der Waals surface area contributed by atoms with E-state index in [1.807, 2.05) is 0 Å². The Morgan fingerprint density at radius 2 is 2.44 bits per heavy atom. The molecule has 0 heterocycles. The van der Waals surface area contributed by atoms with Crippen LogP contribution in [0.3, 0.4) is 0 Å². The lowest BCUT2D eigenvalue weighted by molar-refractivity contribution is -0.118. The van der Waals surface area contributed by atoms with E-state index in [1.165, 1.54) is 6.26 Å². The minimum atomic E-state index is -0.289. The zero-order valence-electron chi connectivity index (χ0n) is 5.30. The van der Waals surface area contributed by atoms with Crippen LogP contribution in [-0.2, 0) is 9.53 Å². The Morgan fingerprint density at radius 3 is 2.89 bits per heavy atom. The van der Waals surface area contributed by atoms with Gasteiger partial charge < -0.3 is 10.5 Å². The van der Waals surface area contributed by atoms with Crippen molar-refractivity contribution in [2.45, 2.75) is 12.8 Å². The zero-order chi connectivity index (χ0) is 7.11. The second-order valence-electron chi connectivity index (χ2n) is 1.61. The molecule has 0 rings (SSSR count). The number of amides is 1. The summed E-state index contributed by atoms with van der Waals surface area (Å²) in [5.41, 5.74) is 4.85. The van der Waals surface area contributed by atoms with Crippen LogP contribution in [0.2, 0.25) is 0 Å². The standard InChI is InChI=1S/C6H11NO2/c1-2-9-5-3-4-6(7)8/h2H,1,3-5H2,(H2,7,8). The van der Waals surface area contributed by atoms with Crippen molar-refractivity contribution in [2.24, 2.45) is 5.73 Å². The van der Waals surface area contributed by atoms with Crippen LogP contribution in [0.25, 0.3) is 0 Å². The Morgan fingerprint density at radius 1 is 1.78 bits per heavy atom. The molecular formula is C6H11NO2. The number of hydrogen-bond acceptors (Lipinski definition) is 2. The quantitative estimate of drug-likeness (QED) is 0.432. The minimum Gasteiger partial charge on any atom is -0.502 e. The summed E-state index contributed by atoms with van der Waals surface area (Å²) in [6.07, 6.45) is 2.40. The van der Waals surface area contributed by atoms with Crippen molar-refractivity contribution in [3.05, 3.63) is 12.8 Å². The number of rotatable bonds is 5. The lowest BCUT2D eigenvalue weighted by Gasteiger charge is -1.95. The molecule has 0 radical (unpaired) electrons. The maximum absolute atomic E-state index is 10.1. The molecule has 3 nitrogen and oxygen atoms in total. The van der Waals surface area contributed by atoms with Gasteiger partial charge in [-0.3, -0.25) is 4.79 Å². The van der Waals surface area contributed by atoms with Crippen LogP contribution in [0.5, 0.6) is 0 Å². The summed E-state index contributed by atoms with van der Waals surface area (Å²) in [5.74, 6) is -0.289. The maximum atomic E-state index is 10.1. The summed E-state index contributed by atoms with van der Waals surface area (Å²) in [6.45, 7) is 3.86. The summed E-state index contributed by atoms with van der Waals surface area (Å²) >= 11 is 0. The highest BCUT2D eigenvalue weighted by molar-refractivity contribution is 5.73. The van der Waals surface area contributed by atoms with E-state index in [0.717, 1.165) is 0 Å². The van der Waals surface area contributed by atoms with Crippen LogP contribution in [0.15, 0.2) is 12.8 Å². The highest BCUT2D eigenvalue weighted by atomic mass is 16.5. The molecule has 2 N–H and O–H groups in total. The molecule has 0 aromatic heterocycles. The van der Waals surface area contributed by atoms with Gasteiger partial charge in [-0.05, 0) is 6.42 Å². The predicted octanol–water partition coefficient (Wildman–Crippen LogP) is 0.412. The normalized spacial score (nSPS) is 8.44. The fourth-order valence-electron chi connectivity index (χ4n) is 0.413.